The van der Waals surface area contributed by atoms with Crippen LogP contribution < -0.4 is 0 Å². The van der Waals surface area contributed by atoms with Crippen LogP contribution in [0.1, 0.15) is 44.4 Å². The van der Waals surface area contributed by atoms with Crippen LogP contribution in [-0.4, -0.2) is 32.8 Å². The lowest BCUT2D eigenvalue weighted by atomic mass is 10.1. The molecule has 0 aliphatic carbocycles. The molecule has 2 unspecified atom stereocenters. The number of ether oxygens (including phenoxy) is 1. The van der Waals surface area contributed by atoms with Gasteiger partial charge in [0, 0.05) is 6.61 Å². The predicted octanol–water partition coefficient (Wildman–Crippen LogP) is 1.29. The van der Waals surface area contributed by atoms with Crippen LogP contribution in [0.15, 0.2) is 6.20 Å². The standard InChI is InChI=1S/C11H19N3O2/c1-2-11(15)10-8-14(13-12-10)7-9-5-3-4-6-16-9/h8-9,11,15H,2-7H2,1H3. The SMILES string of the molecule is CCC(O)c1cn(CC2CCCCO2)nn1. The zero-order valence-electron chi connectivity index (χ0n) is 9.67. The highest BCUT2D eigenvalue weighted by molar-refractivity contribution is 4.96. The van der Waals surface area contributed by atoms with E-state index in [0.29, 0.717) is 12.1 Å². The van der Waals surface area contributed by atoms with Gasteiger partial charge >= 0.3 is 0 Å². The molecule has 5 nitrogen and oxygen atoms in total. The third kappa shape index (κ3) is 2.80. The van der Waals surface area contributed by atoms with Crippen molar-refractivity contribution in [3.05, 3.63) is 11.9 Å². The first-order chi connectivity index (χ1) is 7.79. The van der Waals surface area contributed by atoms with Crippen LogP contribution in [-0.2, 0) is 11.3 Å². The van der Waals surface area contributed by atoms with Gasteiger partial charge in [-0.2, -0.15) is 0 Å². The molecule has 5 heteroatoms. The van der Waals surface area contributed by atoms with E-state index in [1.165, 1.54) is 6.42 Å². The molecule has 0 spiro atoms. The molecule has 1 aromatic rings. The summed E-state index contributed by atoms with van der Waals surface area (Å²) in [7, 11) is 0. The fourth-order valence-corrected chi connectivity index (χ4v) is 1.92. The molecule has 16 heavy (non-hydrogen) atoms. The number of aliphatic hydroxyl groups is 1. The lowest BCUT2D eigenvalue weighted by molar-refractivity contribution is 0.00368. The molecular formula is C11H19N3O2. The van der Waals surface area contributed by atoms with Gasteiger partial charge in [-0.3, -0.25) is 0 Å². The molecule has 0 aromatic carbocycles. The molecule has 2 rings (SSSR count). The molecule has 1 aliphatic rings. The second-order valence-electron chi connectivity index (χ2n) is 4.28. The van der Waals surface area contributed by atoms with Crippen molar-refractivity contribution in [3.63, 3.8) is 0 Å². The highest BCUT2D eigenvalue weighted by atomic mass is 16.5. The maximum atomic E-state index is 9.60. The summed E-state index contributed by atoms with van der Waals surface area (Å²) in [4.78, 5) is 0. The van der Waals surface area contributed by atoms with E-state index in [-0.39, 0.29) is 6.10 Å². The Labute approximate surface area is 95.4 Å². The van der Waals surface area contributed by atoms with Gasteiger partial charge in [0.2, 0.25) is 0 Å². The topological polar surface area (TPSA) is 60.2 Å². The molecule has 0 amide bonds. The Bertz CT molecular complexity index is 321. The molecule has 1 N–H and O–H groups in total. The maximum Gasteiger partial charge on any atom is 0.111 e. The second-order valence-corrected chi connectivity index (χ2v) is 4.28. The van der Waals surface area contributed by atoms with E-state index in [9.17, 15) is 5.11 Å². The molecule has 2 atom stereocenters. The zero-order valence-corrected chi connectivity index (χ0v) is 9.67. The number of rotatable bonds is 4. The van der Waals surface area contributed by atoms with E-state index >= 15 is 0 Å². The smallest absolute Gasteiger partial charge is 0.111 e. The van der Waals surface area contributed by atoms with Crippen LogP contribution in [0.25, 0.3) is 0 Å². The fourth-order valence-electron chi connectivity index (χ4n) is 1.92. The first-order valence-electron chi connectivity index (χ1n) is 5.99. The van der Waals surface area contributed by atoms with Crippen molar-refractivity contribution < 1.29 is 9.84 Å². The first-order valence-corrected chi connectivity index (χ1v) is 5.99. The first kappa shape index (κ1) is 11.5. The van der Waals surface area contributed by atoms with Crippen molar-refractivity contribution in [2.75, 3.05) is 6.61 Å². The van der Waals surface area contributed by atoms with Gasteiger partial charge in [0.25, 0.3) is 0 Å². The summed E-state index contributed by atoms with van der Waals surface area (Å²) in [5.74, 6) is 0. The predicted molar refractivity (Wildman–Crippen MR) is 58.9 cm³/mol. The summed E-state index contributed by atoms with van der Waals surface area (Å²) in [5.41, 5.74) is 0.651. The van der Waals surface area contributed by atoms with Gasteiger partial charge in [-0.05, 0) is 25.7 Å². The Morgan fingerprint density at radius 1 is 1.62 bits per heavy atom. The lowest BCUT2D eigenvalue weighted by Crippen LogP contribution is -2.24. The van der Waals surface area contributed by atoms with Gasteiger partial charge < -0.3 is 9.84 Å². The Morgan fingerprint density at radius 3 is 3.19 bits per heavy atom. The van der Waals surface area contributed by atoms with Crippen molar-refractivity contribution in [1.29, 1.82) is 0 Å². The summed E-state index contributed by atoms with van der Waals surface area (Å²) in [6.45, 7) is 3.52. The molecule has 0 radical (unpaired) electrons. The molecule has 1 saturated heterocycles. The normalized spacial score (nSPS) is 23.2. The monoisotopic (exact) mass is 225 g/mol. The summed E-state index contributed by atoms with van der Waals surface area (Å²) in [6, 6.07) is 0. The average molecular weight is 225 g/mol. The van der Waals surface area contributed by atoms with Gasteiger partial charge in [-0.15, -0.1) is 5.10 Å². The minimum atomic E-state index is -0.499. The largest absolute Gasteiger partial charge is 0.387 e. The number of hydrogen-bond donors (Lipinski definition) is 1. The molecule has 2 heterocycles. The number of nitrogens with zero attached hydrogens (tertiary/aromatic N) is 3. The van der Waals surface area contributed by atoms with Gasteiger partial charge in [0.05, 0.1) is 24.9 Å². The van der Waals surface area contributed by atoms with Crippen LogP contribution in [0.4, 0.5) is 0 Å². The Morgan fingerprint density at radius 2 is 2.50 bits per heavy atom. The van der Waals surface area contributed by atoms with E-state index in [1.54, 1.807) is 4.68 Å². The van der Waals surface area contributed by atoms with Crippen molar-refractivity contribution in [2.24, 2.45) is 0 Å². The van der Waals surface area contributed by atoms with Crippen molar-refractivity contribution in [2.45, 2.75) is 51.4 Å². The third-order valence-electron chi connectivity index (χ3n) is 2.95. The molecule has 0 saturated carbocycles. The van der Waals surface area contributed by atoms with E-state index in [1.807, 2.05) is 13.1 Å². The van der Waals surface area contributed by atoms with Crippen LogP contribution in [0.3, 0.4) is 0 Å². The number of aromatic nitrogens is 3. The highest BCUT2D eigenvalue weighted by Crippen LogP contribution is 2.16. The quantitative estimate of drug-likeness (QED) is 0.838. The van der Waals surface area contributed by atoms with Gasteiger partial charge in [-0.25, -0.2) is 4.68 Å². The summed E-state index contributed by atoms with van der Waals surface area (Å²) in [6.07, 6.45) is 5.70. The van der Waals surface area contributed by atoms with E-state index in [4.69, 9.17) is 4.74 Å². The Balaban J connectivity index is 1.91. The van der Waals surface area contributed by atoms with Crippen LogP contribution in [0, 0.1) is 0 Å². The molecule has 1 aliphatic heterocycles. The van der Waals surface area contributed by atoms with Gasteiger partial charge in [0.1, 0.15) is 5.69 Å². The molecular weight excluding hydrogens is 206 g/mol. The van der Waals surface area contributed by atoms with Crippen molar-refractivity contribution in [3.8, 4) is 0 Å². The zero-order chi connectivity index (χ0) is 11.4. The van der Waals surface area contributed by atoms with Crippen LogP contribution in [0.5, 0.6) is 0 Å². The van der Waals surface area contributed by atoms with Gasteiger partial charge in [-0.1, -0.05) is 12.1 Å². The summed E-state index contributed by atoms with van der Waals surface area (Å²) in [5, 5.41) is 17.6. The van der Waals surface area contributed by atoms with Crippen molar-refractivity contribution >= 4 is 0 Å². The Hall–Kier alpha value is -0.940. The lowest BCUT2D eigenvalue weighted by Gasteiger charge is -2.21. The van der Waals surface area contributed by atoms with Crippen molar-refractivity contribution in [1.82, 2.24) is 15.0 Å². The minimum Gasteiger partial charge on any atom is -0.387 e. The second kappa shape index (κ2) is 5.41. The average Bonchev–Trinajstić information content (AvgIpc) is 2.78. The summed E-state index contributed by atoms with van der Waals surface area (Å²) >= 11 is 0. The van der Waals surface area contributed by atoms with Crippen LogP contribution in [0.2, 0.25) is 0 Å². The molecule has 1 fully saturated rings. The van der Waals surface area contributed by atoms with E-state index in [0.717, 1.165) is 26.0 Å². The highest BCUT2D eigenvalue weighted by Gasteiger charge is 2.16. The van der Waals surface area contributed by atoms with E-state index in [2.05, 4.69) is 10.3 Å². The summed E-state index contributed by atoms with van der Waals surface area (Å²) < 4.78 is 7.39. The Kier molecular flexibility index (Phi) is 3.90. The van der Waals surface area contributed by atoms with Crippen LogP contribution >= 0.6 is 0 Å². The number of hydrogen-bond acceptors (Lipinski definition) is 4. The molecule has 90 valence electrons. The third-order valence-corrected chi connectivity index (χ3v) is 2.95. The maximum absolute atomic E-state index is 9.60. The minimum absolute atomic E-state index is 0.252. The number of aliphatic hydroxyl groups excluding tert-OH is 1. The van der Waals surface area contributed by atoms with E-state index < -0.39 is 6.10 Å². The van der Waals surface area contributed by atoms with Gasteiger partial charge in [0.15, 0.2) is 0 Å². The molecule has 1 aromatic heterocycles. The fraction of sp³-hybridized carbons (Fsp3) is 0.818. The molecule has 0 bridgehead atoms.